The molecule has 0 aliphatic heterocycles. The lowest BCUT2D eigenvalue weighted by atomic mass is 9.95. The quantitative estimate of drug-likeness (QED) is 0.268. The van der Waals surface area contributed by atoms with Gasteiger partial charge < -0.3 is 9.47 Å². The molecule has 2 rings (SSSR count). The summed E-state index contributed by atoms with van der Waals surface area (Å²) < 4.78 is 11.0. The molecule has 0 saturated heterocycles. The Labute approximate surface area is 156 Å². The zero-order valence-electron chi connectivity index (χ0n) is 16.2. The molecule has 0 aliphatic carbocycles. The van der Waals surface area contributed by atoms with Crippen LogP contribution >= 0.6 is 0 Å². The van der Waals surface area contributed by atoms with E-state index in [-0.39, 0.29) is 17.2 Å². The van der Waals surface area contributed by atoms with E-state index >= 15 is 0 Å². The number of nitro groups is 1. The summed E-state index contributed by atoms with van der Waals surface area (Å²) in [6.45, 7) is 9.68. The number of nitro benzene ring substituents is 1. The van der Waals surface area contributed by atoms with Gasteiger partial charge in [-0.1, -0.05) is 31.8 Å². The van der Waals surface area contributed by atoms with E-state index in [9.17, 15) is 10.1 Å². The minimum atomic E-state index is -1.19. The van der Waals surface area contributed by atoms with Crippen LogP contribution in [0.15, 0.2) is 36.4 Å². The van der Waals surface area contributed by atoms with Gasteiger partial charge in [-0.3, -0.25) is 10.1 Å². The lowest BCUT2D eigenvalue weighted by Gasteiger charge is -2.17. The van der Waals surface area contributed by atoms with Crippen molar-refractivity contribution in [1.29, 1.82) is 0 Å². The third-order valence-corrected chi connectivity index (χ3v) is 6.12. The molecular formula is C20H27NO4Si. The van der Waals surface area contributed by atoms with E-state index in [0.717, 1.165) is 28.5 Å². The lowest BCUT2D eigenvalue weighted by Crippen LogP contribution is -2.21. The van der Waals surface area contributed by atoms with Crippen molar-refractivity contribution in [2.75, 3.05) is 13.7 Å². The van der Waals surface area contributed by atoms with E-state index in [1.54, 1.807) is 19.2 Å². The van der Waals surface area contributed by atoms with Gasteiger partial charge in [0.25, 0.3) is 5.69 Å². The Kier molecular flexibility index (Phi) is 6.56. The second-order valence-electron chi connectivity index (χ2n) is 7.58. The van der Waals surface area contributed by atoms with Crippen LogP contribution in [-0.2, 0) is 11.3 Å². The minimum absolute atomic E-state index is 0.118. The fourth-order valence-corrected chi connectivity index (χ4v) is 3.49. The largest absolute Gasteiger partial charge is 0.497 e. The molecule has 2 aromatic carbocycles. The lowest BCUT2D eigenvalue weighted by molar-refractivity contribution is -0.386. The molecule has 0 unspecified atom stereocenters. The summed E-state index contributed by atoms with van der Waals surface area (Å²) in [6, 6.07) is 12.1. The van der Waals surface area contributed by atoms with Crippen LogP contribution in [0.3, 0.4) is 0 Å². The van der Waals surface area contributed by atoms with Crippen LogP contribution in [0.4, 0.5) is 5.69 Å². The van der Waals surface area contributed by atoms with Gasteiger partial charge in [0.15, 0.2) is 0 Å². The second-order valence-corrected chi connectivity index (χ2v) is 13.2. The Hall–Kier alpha value is -2.18. The summed E-state index contributed by atoms with van der Waals surface area (Å²) in [5, 5.41) is 11.4. The van der Waals surface area contributed by atoms with Crippen LogP contribution in [0.2, 0.25) is 25.7 Å². The summed E-state index contributed by atoms with van der Waals surface area (Å²) in [5.74, 6) is 0.781. The average molecular weight is 374 g/mol. The van der Waals surface area contributed by atoms with Crippen LogP contribution in [0.5, 0.6) is 5.75 Å². The topological polar surface area (TPSA) is 61.6 Å². The number of rotatable bonds is 8. The molecule has 0 bridgehead atoms. The first kappa shape index (κ1) is 20.1. The molecule has 0 atom stereocenters. The third kappa shape index (κ3) is 5.16. The summed E-state index contributed by atoms with van der Waals surface area (Å²) in [7, 11) is 0.439. The molecule has 0 aliphatic rings. The Bertz CT molecular complexity index is 767. The highest BCUT2D eigenvalue weighted by Crippen LogP contribution is 2.33. The molecule has 0 saturated carbocycles. The van der Waals surface area contributed by atoms with Crippen LogP contribution in [-0.4, -0.2) is 26.7 Å². The van der Waals surface area contributed by atoms with Crippen LogP contribution in [0.25, 0.3) is 11.1 Å². The van der Waals surface area contributed by atoms with Crippen LogP contribution in [0, 0.1) is 17.0 Å². The highest BCUT2D eigenvalue weighted by atomic mass is 28.3. The van der Waals surface area contributed by atoms with E-state index in [2.05, 4.69) is 19.6 Å². The van der Waals surface area contributed by atoms with E-state index in [4.69, 9.17) is 9.47 Å². The molecular weight excluding hydrogens is 346 g/mol. The van der Waals surface area contributed by atoms with Gasteiger partial charge in [-0.05, 0) is 47.9 Å². The predicted molar refractivity (Wildman–Crippen MR) is 108 cm³/mol. The Morgan fingerprint density at radius 2 is 1.73 bits per heavy atom. The van der Waals surface area contributed by atoms with Crippen molar-refractivity contribution < 1.29 is 14.4 Å². The van der Waals surface area contributed by atoms with Crippen LogP contribution < -0.4 is 4.74 Å². The van der Waals surface area contributed by atoms with Gasteiger partial charge in [-0.15, -0.1) is 0 Å². The normalized spacial score (nSPS) is 11.4. The van der Waals surface area contributed by atoms with E-state index in [1.807, 2.05) is 31.2 Å². The Morgan fingerprint density at radius 3 is 2.27 bits per heavy atom. The number of nitrogens with zero attached hydrogens (tertiary/aromatic N) is 1. The minimum Gasteiger partial charge on any atom is -0.497 e. The summed E-state index contributed by atoms with van der Waals surface area (Å²) >= 11 is 0. The number of benzene rings is 2. The van der Waals surface area contributed by atoms with Gasteiger partial charge in [-0.25, -0.2) is 0 Å². The number of methoxy groups -OCH3 is 1. The van der Waals surface area contributed by atoms with Gasteiger partial charge in [-0.2, -0.15) is 0 Å². The standard InChI is InChI=1S/C20H27NO4Si/c1-15-18(16-6-8-17(24-2)9-7-16)10-11-20(21(22)23)19(15)14-25-12-13-26(3,4)5/h6-11H,12-14H2,1-5H3. The molecule has 0 spiro atoms. The van der Waals surface area contributed by atoms with Gasteiger partial charge >= 0.3 is 0 Å². The number of hydrogen-bond acceptors (Lipinski definition) is 4. The van der Waals surface area contributed by atoms with E-state index in [0.29, 0.717) is 12.2 Å². The highest BCUT2D eigenvalue weighted by Gasteiger charge is 2.20. The molecule has 0 heterocycles. The first-order chi connectivity index (χ1) is 12.2. The molecule has 0 radical (unpaired) electrons. The van der Waals surface area contributed by atoms with Gasteiger partial charge in [0.05, 0.1) is 24.2 Å². The molecule has 0 N–H and O–H groups in total. The van der Waals surface area contributed by atoms with Gasteiger partial charge in [0.1, 0.15) is 5.75 Å². The maximum absolute atomic E-state index is 11.4. The molecule has 0 amide bonds. The van der Waals surface area contributed by atoms with E-state index < -0.39 is 8.07 Å². The summed E-state index contributed by atoms with van der Waals surface area (Å²) in [5.41, 5.74) is 3.63. The molecule has 5 nitrogen and oxygen atoms in total. The van der Waals surface area contributed by atoms with Crippen molar-refractivity contribution in [1.82, 2.24) is 0 Å². The zero-order chi connectivity index (χ0) is 19.3. The van der Waals surface area contributed by atoms with Crippen molar-refractivity contribution in [3.05, 3.63) is 57.6 Å². The molecule has 0 aromatic heterocycles. The van der Waals surface area contributed by atoms with Gasteiger partial charge in [0.2, 0.25) is 0 Å². The maximum atomic E-state index is 11.4. The van der Waals surface area contributed by atoms with Gasteiger partial charge in [0, 0.05) is 20.7 Å². The SMILES string of the molecule is COc1ccc(-c2ccc([N+](=O)[O-])c(COCC[Si](C)(C)C)c2C)cc1. The highest BCUT2D eigenvalue weighted by molar-refractivity contribution is 6.76. The third-order valence-electron chi connectivity index (χ3n) is 4.41. The fraction of sp³-hybridized carbons (Fsp3) is 0.400. The van der Waals surface area contributed by atoms with Crippen molar-refractivity contribution in [2.45, 2.75) is 39.2 Å². The Balaban J connectivity index is 2.30. The summed E-state index contributed by atoms with van der Waals surface area (Å²) in [4.78, 5) is 11.1. The molecule has 140 valence electrons. The van der Waals surface area contributed by atoms with E-state index in [1.165, 1.54) is 0 Å². The first-order valence-electron chi connectivity index (χ1n) is 8.72. The summed E-state index contributed by atoms with van der Waals surface area (Å²) in [6.07, 6.45) is 0. The number of ether oxygens (including phenoxy) is 2. The van der Waals surface area contributed by atoms with Crippen molar-refractivity contribution in [3.8, 4) is 16.9 Å². The van der Waals surface area contributed by atoms with Crippen LogP contribution in [0.1, 0.15) is 11.1 Å². The Morgan fingerprint density at radius 1 is 1.08 bits per heavy atom. The molecule has 0 fully saturated rings. The maximum Gasteiger partial charge on any atom is 0.275 e. The molecule has 6 heteroatoms. The van der Waals surface area contributed by atoms with Crippen molar-refractivity contribution in [2.24, 2.45) is 0 Å². The molecule has 2 aromatic rings. The average Bonchev–Trinajstić information content (AvgIpc) is 2.58. The molecule has 26 heavy (non-hydrogen) atoms. The fourth-order valence-electron chi connectivity index (χ4n) is 2.73. The monoisotopic (exact) mass is 373 g/mol. The predicted octanol–water partition coefficient (Wildman–Crippen LogP) is 5.43. The zero-order valence-corrected chi connectivity index (χ0v) is 17.2. The van der Waals surface area contributed by atoms with Crippen molar-refractivity contribution >= 4 is 13.8 Å². The van der Waals surface area contributed by atoms with Crippen molar-refractivity contribution in [3.63, 3.8) is 0 Å². The second kappa shape index (κ2) is 8.47. The smallest absolute Gasteiger partial charge is 0.275 e. The first-order valence-corrected chi connectivity index (χ1v) is 12.4. The number of hydrogen-bond donors (Lipinski definition) is 0.